The van der Waals surface area contributed by atoms with Crippen molar-refractivity contribution in [3.8, 4) is 0 Å². The number of carbonyl (C=O) groups excluding carboxylic acids is 2. The molecule has 3 rings (SSSR count). The van der Waals surface area contributed by atoms with Crippen LogP contribution >= 0.6 is 0 Å². The third kappa shape index (κ3) is 3.40. The fourth-order valence-electron chi connectivity index (χ4n) is 3.22. The van der Waals surface area contributed by atoms with E-state index in [1.54, 1.807) is 23.3 Å². The predicted molar refractivity (Wildman–Crippen MR) is 82.9 cm³/mol. The number of nitrogens with zero attached hydrogens (tertiary/aromatic N) is 2. The molecular formula is C17H22N2O3. The molecule has 1 saturated carbocycles. The average Bonchev–Trinajstić information content (AvgIpc) is 3.25. The van der Waals surface area contributed by atoms with E-state index in [4.69, 9.17) is 4.42 Å². The molecule has 5 heteroatoms. The van der Waals surface area contributed by atoms with Crippen molar-refractivity contribution in [1.29, 1.82) is 0 Å². The second-order valence-corrected chi connectivity index (χ2v) is 5.98. The predicted octanol–water partition coefficient (Wildman–Crippen LogP) is 2.15. The Morgan fingerprint density at radius 1 is 1.09 bits per heavy atom. The van der Waals surface area contributed by atoms with Gasteiger partial charge in [-0.1, -0.05) is 12.8 Å². The lowest BCUT2D eigenvalue weighted by Crippen LogP contribution is -2.51. The van der Waals surface area contributed by atoms with Gasteiger partial charge in [-0.2, -0.15) is 0 Å². The summed E-state index contributed by atoms with van der Waals surface area (Å²) in [6.45, 7) is 2.52. The van der Waals surface area contributed by atoms with E-state index in [0.29, 0.717) is 31.9 Å². The molecule has 0 radical (unpaired) electrons. The number of hydrogen-bond acceptors (Lipinski definition) is 3. The van der Waals surface area contributed by atoms with Gasteiger partial charge in [0.25, 0.3) is 0 Å². The van der Waals surface area contributed by atoms with Crippen LogP contribution in [-0.4, -0.2) is 47.8 Å². The maximum absolute atomic E-state index is 12.4. The van der Waals surface area contributed by atoms with Gasteiger partial charge in [0.1, 0.15) is 5.76 Å². The minimum atomic E-state index is -0.0237. The normalized spacial score (nSPS) is 20.0. The molecule has 118 valence electrons. The quantitative estimate of drug-likeness (QED) is 0.804. The van der Waals surface area contributed by atoms with Crippen LogP contribution in [0.5, 0.6) is 0 Å². The van der Waals surface area contributed by atoms with Gasteiger partial charge in [0.05, 0.1) is 6.26 Å². The summed E-state index contributed by atoms with van der Waals surface area (Å²) in [5.41, 5.74) is 0. The molecule has 2 amide bonds. The highest BCUT2D eigenvalue weighted by atomic mass is 16.3. The van der Waals surface area contributed by atoms with Gasteiger partial charge in [0, 0.05) is 38.2 Å². The van der Waals surface area contributed by atoms with E-state index in [9.17, 15) is 9.59 Å². The Morgan fingerprint density at radius 3 is 2.41 bits per heavy atom. The maximum atomic E-state index is 12.4. The summed E-state index contributed by atoms with van der Waals surface area (Å²) in [5, 5.41) is 0. The van der Waals surface area contributed by atoms with Gasteiger partial charge in [-0.3, -0.25) is 9.59 Å². The molecule has 2 fully saturated rings. The van der Waals surface area contributed by atoms with Crippen molar-refractivity contribution in [3.63, 3.8) is 0 Å². The first-order valence-electron chi connectivity index (χ1n) is 8.03. The third-order valence-corrected chi connectivity index (χ3v) is 4.54. The number of piperazine rings is 1. The van der Waals surface area contributed by atoms with E-state index in [1.807, 2.05) is 11.0 Å². The standard InChI is InChI=1S/C17H22N2O3/c20-16(8-7-15-6-3-13-22-15)18-9-11-19(12-10-18)17(21)14-4-1-2-5-14/h3,6-8,13-14H,1-2,4-5,9-12H2/b8-7-. The fraction of sp³-hybridized carbons (Fsp3) is 0.529. The summed E-state index contributed by atoms with van der Waals surface area (Å²) < 4.78 is 5.17. The largest absolute Gasteiger partial charge is 0.465 e. The molecule has 5 nitrogen and oxygen atoms in total. The number of amides is 2. The summed E-state index contributed by atoms with van der Waals surface area (Å²) in [6, 6.07) is 3.60. The first-order chi connectivity index (χ1) is 10.7. The highest BCUT2D eigenvalue weighted by Gasteiger charge is 2.29. The molecule has 1 aliphatic heterocycles. The molecule has 22 heavy (non-hydrogen) atoms. The van der Waals surface area contributed by atoms with E-state index in [-0.39, 0.29) is 17.7 Å². The van der Waals surface area contributed by atoms with Crippen LogP contribution in [0.1, 0.15) is 31.4 Å². The first-order valence-corrected chi connectivity index (χ1v) is 8.03. The molecule has 1 aliphatic carbocycles. The maximum Gasteiger partial charge on any atom is 0.246 e. The van der Waals surface area contributed by atoms with Crippen LogP contribution in [0.15, 0.2) is 28.9 Å². The van der Waals surface area contributed by atoms with Crippen LogP contribution in [0.4, 0.5) is 0 Å². The van der Waals surface area contributed by atoms with Crippen molar-refractivity contribution >= 4 is 17.9 Å². The van der Waals surface area contributed by atoms with E-state index >= 15 is 0 Å². The van der Waals surface area contributed by atoms with Gasteiger partial charge in [-0.15, -0.1) is 0 Å². The molecule has 0 aromatic carbocycles. The van der Waals surface area contributed by atoms with Gasteiger partial charge in [-0.05, 0) is 31.1 Å². The Bertz CT molecular complexity index is 536. The summed E-state index contributed by atoms with van der Waals surface area (Å²) in [7, 11) is 0. The zero-order chi connectivity index (χ0) is 15.4. The molecular weight excluding hydrogens is 280 g/mol. The van der Waals surface area contributed by atoms with Crippen molar-refractivity contribution in [2.24, 2.45) is 5.92 Å². The molecule has 0 spiro atoms. The van der Waals surface area contributed by atoms with Crippen LogP contribution in [0, 0.1) is 5.92 Å². The summed E-state index contributed by atoms with van der Waals surface area (Å²) in [4.78, 5) is 28.2. The molecule has 1 saturated heterocycles. The molecule has 2 aliphatic rings. The van der Waals surface area contributed by atoms with Gasteiger partial charge in [0.15, 0.2) is 0 Å². The Labute approximate surface area is 130 Å². The van der Waals surface area contributed by atoms with Gasteiger partial charge in [0.2, 0.25) is 11.8 Å². The zero-order valence-electron chi connectivity index (χ0n) is 12.7. The third-order valence-electron chi connectivity index (χ3n) is 4.54. The summed E-state index contributed by atoms with van der Waals surface area (Å²) in [5.74, 6) is 1.16. The van der Waals surface area contributed by atoms with Crippen LogP contribution in [0.2, 0.25) is 0 Å². The Morgan fingerprint density at radius 2 is 1.77 bits per heavy atom. The average molecular weight is 302 g/mol. The van der Waals surface area contributed by atoms with Crippen LogP contribution in [0.3, 0.4) is 0 Å². The zero-order valence-corrected chi connectivity index (χ0v) is 12.7. The molecule has 0 N–H and O–H groups in total. The summed E-state index contributed by atoms with van der Waals surface area (Å²) >= 11 is 0. The highest BCUT2D eigenvalue weighted by Crippen LogP contribution is 2.26. The number of furan rings is 1. The van der Waals surface area contributed by atoms with E-state index in [2.05, 4.69) is 0 Å². The number of rotatable bonds is 3. The second-order valence-electron chi connectivity index (χ2n) is 5.98. The topological polar surface area (TPSA) is 53.8 Å². The monoisotopic (exact) mass is 302 g/mol. The molecule has 0 atom stereocenters. The smallest absolute Gasteiger partial charge is 0.246 e. The summed E-state index contributed by atoms with van der Waals surface area (Å²) in [6.07, 6.45) is 9.20. The van der Waals surface area contributed by atoms with Gasteiger partial charge in [-0.25, -0.2) is 0 Å². The number of hydrogen-bond donors (Lipinski definition) is 0. The Kier molecular flexibility index (Phi) is 4.61. The molecule has 1 aromatic rings. The fourth-order valence-corrected chi connectivity index (χ4v) is 3.22. The van der Waals surface area contributed by atoms with Crippen molar-refractivity contribution in [1.82, 2.24) is 9.80 Å². The second kappa shape index (κ2) is 6.81. The van der Waals surface area contributed by atoms with Crippen molar-refractivity contribution in [2.45, 2.75) is 25.7 Å². The van der Waals surface area contributed by atoms with E-state index in [1.165, 1.54) is 18.9 Å². The lowest BCUT2D eigenvalue weighted by molar-refractivity contribution is -0.140. The van der Waals surface area contributed by atoms with E-state index < -0.39 is 0 Å². The van der Waals surface area contributed by atoms with Crippen molar-refractivity contribution < 1.29 is 14.0 Å². The SMILES string of the molecule is O=C(/C=C\c1ccco1)N1CCN(C(=O)C2CCCC2)CC1. The van der Waals surface area contributed by atoms with Gasteiger partial charge >= 0.3 is 0 Å². The van der Waals surface area contributed by atoms with Crippen LogP contribution in [-0.2, 0) is 9.59 Å². The lowest BCUT2D eigenvalue weighted by Gasteiger charge is -2.35. The molecule has 2 heterocycles. The lowest BCUT2D eigenvalue weighted by atomic mass is 10.1. The van der Waals surface area contributed by atoms with Crippen LogP contribution < -0.4 is 0 Å². The number of carbonyl (C=O) groups is 2. The van der Waals surface area contributed by atoms with Crippen molar-refractivity contribution in [2.75, 3.05) is 26.2 Å². The molecule has 0 bridgehead atoms. The highest BCUT2D eigenvalue weighted by molar-refractivity contribution is 5.91. The molecule has 0 unspecified atom stereocenters. The Balaban J connectivity index is 1.48. The molecule has 1 aromatic heterocycles. The van der Waals surface area contributed by atoms with Crippen LogP contribution in [0.25, 0.3) is 6.08 Å². The van der Waals surface area contributed by atoms with Crippen molar-refractivity contribution in [3.05, 3.63) is 30.2 Å². The Hall–Kier alpha value is -2.04. The first kappa shape index (κ1) is 14.9. The minimum absolute atomic E-state index is 0.0237. The van der Waals surface area contributed by atoms with E-state index in [0.717, 1.165) is 12.8 Å². The minimum Gasteiger partial charge on any atom is -0.465 e. The van der Waals surface area contributed by atoms with Gasteiger partial charge < -0.3 is 14.2 Å².